The van der Waals surface area contributed by atoms with E-state index in [0.29, 0.717) is 19.4 Å². The molecule has 7 atom stereocenters. The average Bonchev–Trinajstić information content (AvgIpc) is 2.94. The molecule has 0 saturated carbocycles. The van der Waals surface area contributed by atoms with Gasteiger partial charge in [0.15, 0.2) is 0 Å². The summed E-state index contributed by atoms with van der Waals surface area (Å²) < 4.78 is 17.2. The number of hydrogen-bond donors (Lipinski definition) is 7. The Morgan fingerprint density at radius 1 is 1.25 bits per heavy atom. The van der Waals surface area contributed by atoms with Crippen LogP contribution in [-0.2, 0) is 13.9 Å². The Kier molecular flexibility index (Phi) is 13.2. The van der Waals surface area contributed by atoms with Gasteiger partial charge in [-0.1, -0.05) is 18.6 Å². The van der Waals surface area contributed by atoms with Crippen molar-refractivity contribution < 1.29 is 39.2 Å². The molecule has 0 spiro atoms. The van der Waals surface area contributed by atoms with Gasteiger partial charge in [-0.05, 0) is 45.4 Å². The summed E-state index contributed by atoms with van der Waals surface area (Å²) in [5.74, 6) is 0.200. The first-order chi connectivity index (χ1) is 14.9. The number of allylic oxidation sites excluding steroid dienone is 2. The summed E-state index contributed by atoms with van der Waals surface area (Å²) in [6, 6.07) is -1.42. The van der Waals surface area contributed by atoms with Gasteiger partial charge in [-0.25, -0.2) is 0 Å². The minimum atomic E-state index is -4.06. The Bertz CT molecular complexity index is 643. The smallest absolute Gasteiger partial charge is 0.330 e. The summed E-state index contributed by atoms with van der Waals surface area (Å²) >= 11 is 0. The Morgan fingerprint density at radius 2 is 1.91 bits per heavy atom. The van der Waals surface area contributed by atoms with Crippen molar-refractivity contribution in [2.24, 2.45) is 5.92 Å². The number of carbonyl (C=O) groups is 1. The first-order valence-corrected chi connectivity index (χ1v) is 13.0. The lowest BCUT2D eigenvalue weighted by Gasteiger charge is -2.21. The number of aliphatic hydroxyl groups excluding tert-OH is 4. The molecule has 1 aliphatic heterocycles. The summed E-state index contributed by atoms with van der Waals surface area (Å²) in [5.41, 5.74) is 1.26. The highest BCUT2D eigenvalue weighted by Crippen LogP contribution is 2.43. The zero-order valence-electron chi connectivity index (χ0n) is 19.3. The molecule has 188 valence electrons. The normalized spacial score (nSPS) is 26.9. The first-order valence-electron chi connectivity index (χ1n) is 11.2. The molecule has 1 rings (SSSR count). The van der Waals surface area contributed by atoms with E-state index in [9.17, 15) is 29.6 Å². The Labute approximate surface area is 190 Å². The number of rotatable bonds is 15. The molecule has 0 radical (unpaired) electrons. The van der Waals surface area contributed by atoms with E-state index < -0.39 is 44.2 Å². The van der Waals surface area contributed by atoms with Crippen molar-refractivity contribution in [2.45, 2.75) is 83.3 Å². The summed E-state index contributed by atoms with van der Waals surface area (Å²) in [7, 11) is -4.06. The van der Waals surface area contributed by atoms with E-state index in [0.717, 1.165) is 12.8 Å². The van der Waals surface area contributed by atoms with Crippen LogP contribution in [0.5, 0.6) is 0 Å². The second-order valence-electron chi connectivity index (χ2n) is 8.96. The largest absolute Gasteiger partial charge is 0.395 e. The van der Waals surface area contributed by atoms with Gasteiger partial charge in [-0.2, -0.15) is 0 Å². The predicted molar refractivity (Wildman–Crippen MR) is 121 cm³/mol. The van der Waals surface area contributed by atoms with Gasteiger partial charge < -0.3 is 40.5 Å². The third-order valence-electron chi connectivity index (χ3n) is 5.45. The minimum absolute atomic E-state index is 0.0491. The van der Waals surface area contributed by atoms with E-state index in [2.05, 4.69) is 16.7 Å². The van der Waals surface area contributed by atoms with Crippen LogP contribution in [0.2, 0.25) is 0 Å². The molecular formula is C21H41N2O8P. The zero-order chi connectivity index (χ0) is 24.3. The SMILES string of the molecule is CC(C)=CCCC(C)CC(=O)NCCCOP(=O)(O)C[C@H](O)C[C@H]1N[C@H](CO)[C@@H](O)[C@@H]1O. The molecule has 32 heavy (non-hydrogen) atoms. The van der Waals surface area contributed by atoms with Crippen molar-refractivity contribution in [3.8, 4) is 0 Å². The Balaban J connectivity index is 2.22. The molecule has 1 fully saturated rings. The van der Waals surface area contributed by atoms with Crippen LogP contribution in [0, 0.1) is 5.92 Å². The molecule has 0 bridgehead atoms. The highest BCUT2D eigenvalue weighted by molar-refractivity contribution is 7.52. The zero-order valence-corrected chi connectivity index (χ0v) is 20.2. The number of carbonyl (C=O) groups excluding carboxylic acids is 1. The topological polar surface area (TPSA) is 169 Å². The lowest BCUT2D eigenvalue weighted by atomic mass is 10.0. The Hall–Kier alpha value is -0.840. The molecule has 0 aromatic carbocycles. The molecule has 0 aromatic heterocycles. The maximum absolute atomic E-state index is 12.2. The summed E-state index contributed by atoms with van der Waals surface area (Å²) in [6.45, 7) is 6.01. The van der Waals surface area contributed by atoms with Gasteiger partial charge >= 0.3 is 7.60 Å². The standard InChI is InChI=1S/C21H41N2O8P/c1-14(2)6-4-7-15(3)10-19(26)22-8-5-9-31-32(29,30)13-16(25)11-17-20(27)21(28)18(12-24)23-17/h6,15-18,20-21,23-25,27-28H,4-5,7-13H2,1-3H3,(H,22,26)(H,29,30)/t15?,16-,17-,18-,20-,21-/m1/s1. The number of hydrogen-bond acceptors (Lipinski definition) is 8. The van der Waals surface area contributed by atoms with Crippen LogP contribution < -0.4 is 10.6 Å². The fourth-order valence-corrected chi connectivity index (χ4v) is 4.86. The molecule has 0 aliphatic carbocycles. The third kappa shape index (κ3) is 11.3. The van der Waals surface area contributed by atoms with Crippen LogP contribution >= 0.6 is 7.60 Å². The maximum Gasteiger partial charge on any atom is 0.330 e. The molecule has 1 aliphatic rings. The monoisotopic (exact) mass is 480 g/mol. The van der Waals surface area contributed by atoms with Crippen LogP contribution in [0.4, 0.5) is 0 Å². The molecule has 10 nitrogen and oxygen atoms in total. The summed E-state index contributed by atoms with van der Waals surface area (Å²) in [4.78, 5) is 21.9. The van der Waals surface area contributed by atoms with Gasteiger partial charge in [0.1, 0.15) is 0 Å². The molecule has 0 aromatic rings. The molecule has 2 unspecified atom stereocenters. The molecular weight excluding hydrogens is 439 g/mol. The molecule has 1 heterocycles. The molecule has 7 N–H and O–H groups in total. The number of nitrogens with one attached hydrogen (secondary N) is 2. The molecule has 11 heteroatoms. The van der Waals surface area contributed by atoms with E-state index in [1.807, 2.05) is 20.8 Å². The number of aliphatic hydroxyl groups is 4. The fourth-order valence-electron chi connectivity index (χ4n) is 3.66. The van der Waals surface area contributed by atoms with E-state index in [4.69, 9.17) is 9.63 Å². The molecule has 1 saturated heterocycles. The lowest BCUT2D eigenvalue weighted by molar-refractivity contribution is -0.121. The van der Waals surface area contributed by atoms with Gasteiger partial charge in [0, 0.05) is 19.0 Å². The first kappa shape index (κ1) is 29.2. The highest BCUT2D eigenvalue weighted by atomic mass is 31.2. The van der Waals surface area contributed by atoms with Crippen LogP contribution in [0.25, 0.3) is 0 Å². The second-order valence-corrected chi connectivity index (χ2v) is 10.9. The highest BCUT2D eigenvalue weighted by Gasteiger charge is 2.41. The second kappa shape index (κ2) is 14.4. The van der Waals surface area contributed by atoms with Crippen molar-refractivity contribution >= 4 is 13.5 Å². The van der Waals surface area contributed by atoms with Gasteiger partial charge in [0.05, 0.1) is 43.7 Å². The van der Waals surface area contributed by atoms with Crippen molar-refractivity contribution in [3.63, 3.8) is 0 Å². The van der Waals surface area contributed by atoms with E-state index in [1.54, 1.807) is 0 Å². The van der Waals surface area contributed by atoms with E-state index in [-0.39, 0.29) is 31.5 Å². The third-order valence-corrected chi connectivity index (χ3v) is 6.92. The quantitative estimate of drug-likeness (QED) is 0.0988. The van der Waals surface area contributed by atoms with Gasteiger partial charge in [0.25, 0.3) is 0 Å². The van der Waals surface area contributed by atoms with Crippen LogP contribution in [0.3, 0.4) is 0 Å². The Morgan fingerprint density at radius 3 is 2.50 bits per heavy atom. The number of amides is 1. The van der Waals surface area contributed by atoms with Gasteiger partial charge in [0.2, 0.25) is 5.91 Å². The van der Waals surface area contributed by atoms with Crippen LogP contribution in [0.1, 0.15) is 52.9 Å². The van der Waals surface area contributed by atoms with Crippen LogP contribution in [-0.4, -0.2) is 87.5 Å². The van der Waals surface area contributed by atoms with E-state index >= 15 is 0 Å². The lowest BCUT2D eigenvalue weighted by Crippen LogP contribution is -2.38. The van der Waals surface area contributed by atoms with Gasteiger partial charge in [-0.3, -0.25) is 9.36 Å². The van der Waals surface area contributed by atoms with Crippen LogP contribution in [0.15, 0.2) is 11.6 Å². The minimum Gasteiger partial charge on any atom is -0.395 e. The average molecular weight is 481 g/mol. The van der Waals surface area contributed by atoms with Crippen molar-refractivity contribution in [2.75, 3.05) is 25.9 Å². The van der Waals surface area contributed by atoms with Crippen molar-refractivity contribution in [1.29, 1.82) is 0 Å². The van der Waals surface area contributed by atoms with Gasteiger partial charge in [-0.15, -0.1) is 0 Å². The van der Waals surface area contributed by atoms with E-state index in [1.165, 1.54) is 5.57 Å². The van der Waals surface area contributed by atoms with Crippen molar-refractivity contribution in [1.82, 2.24) is 10.6 Å². The predicted octanol–water partition coefficient (Wildman–Crippen LogP) is 0.273. The molecule has 1 amide bonds. The van der Waals surface area contributed by atoms with Crippen molar-refractivity contribution in [3.05, 3.63) is 11.6 Å². The summed E-state index contributed by atoms with van der Waals surface area (Å²) in [5, 5.41) is 44.5. The maximum atomic E-state index is 12.2. The summed E-state index contributed by atoms with van der Waals surface area (Å²) in [6.07, 6.45) is 0.598. The fraction of sp³-hybridized carbons (Fsp3) is 0.857.